The third-order valence-corrected chi connectivity index (χ3v) is 3.20. The summed E-state index contributed by atoms with van der Waals surface area (Å²) in [5.74, 6) is -2.20. The first kappa shape index (κ1) is 17.1. The highest BCUT2D eigenvalue weighted by Crippen LogP contribution is 2.22. The van der Waals surface area contributed by atoms with Crippen LogP contribution < -0.4 is 0 Å². The number of carbonyl (C=O) groups excluding carboxylic acids is 3. The van der Waals surface area contributed by atoms with Crippen molar-refractivity contribution in [1.82, 2.24) is 4.90 Å². The van der Waals surface area contributed by atoms with E-state index >= 15 is 0 Å². The molecule has 124 valence electrons. The monoisotopic (exact) mass is 328 g/mol. The molecule has 0 unspecified atom stereocenters. The fourth-order valence-electron chi connectivity index (χ4n) is 2.12. The van der Waals surface area contributed by atoms with Crippen molar-refractivity contribution >= 4 is 29.4 Å². The number of amides is 3. The standard InChI is InChI=1S/C17H16N2O5/c1-3-10-19-15(21)13(18-17(19)23)12(16(22)24-4-2)14(20)11-8-6-5-7-9-11/h3,5-9,20H,1,4,10H2,2H3. The Bertz CT molecular complexity index is 750. The van der Waals surface area contributed by atoms with Gasteiger partial charge < -0.3 is 9.84 Å². The molecular weight excluding hydrogens is 312 g/mol. The van der Waals surface area contributed by atoms with Crippen molar-refractivity contribution in [2.45, 2.75) is 6.92 Å². The van der Waals surface area contributed by atoms with Crippen molar-refractivity contribution in [3.63, 3.8) is 0 Å². The van der Waals surface area contributed by atoms with E-state index in [1.165, 1.54) is 6.08 Å². The lowest BCUT2D eigenvalue weighted by Crippen LogP contribution is -2.34. The summed E-state index contributed by atoms with van der Waals surface area (Å²) < 4.78 is 4.90. The number of esters is 1. The zero-order valence-electron chi connectivity index (χ0n) is 13.1. The van der Waals surface area contributed by atoms with Crippen molar-refractivity contribution in [1.29, 1.82) is 0 Å². The lowest BCUT2D eigenvalue weighted by molar-refractivity contribution is -0.138. The number of hydrogen-bond acceptors (Lipinski definition) is 5. The Balaban J connectivity index is 2.55. The van der Waals surface area contributed by atoms with Gasteiger partial charge in [0.1, 0.15) is 11.3 Å². The van der Waals surface area contributed by atoms with Crippen molar-refractivity contribution in [2.75, 3.05) is 13.2 Å². The first-order valence-electron chi connectivity index (χ1n) is 7.22. The largest absolute Gasteiger partial charge is 0.506 e. The molecule has 1 aliphatic heterocycles. The van der Waals surface area contributed by atoms with Gasteiger partial charge in [0.05, 0.1) is 6.61 Å². The maximum absolute atomic E-state index is 12.4. The van der Waals surface area contributed by atoms with E-state index in [-0.39, 0.29) is 13.2 Å². The number of aliphatic hydroxyl groups excluding tert-OH is 1. The molecule has 0 aromatic heterocycles. The zero-order valence-corrected chi connectivity index (χ0v) is 13.1. The van der Waals surface area contributed by atoms with Gasteiger partial charge in [0.15, 0.2) is 5.71 Å². The molecule has 0 aliphatic carbocycles. The third kappa shape index (κ3) is 3.24. The van der Waals surface area contributed by atoms with Gasteiger partial charge in [0.2, 0.25) is 0 Å². The second-order valence-corrected chi connectivity index (χ2v) is 4.76. The summed E-state index contributed by atoms with van der Waals surface area (Å²) in [4.78, 5) is 40.9. The number of ether oxygens (including phenoxy) is 1. The maximum atomic E-state index is 12.4. The van der Waals surface area contributed by atoms with Gasteiger partial charge >= 0.3 is 12.0 Å². The van der Waals surface area contributed by atoms with Gasteiger partial charge in [-0.1, -0.05) is 36.4 Å². The highest BCUT2D eigenvalue weighted by atomic mass is 16.5. The van der Waals surface area contributed by atoms with Crippen molar-refractivity contribution in [2.24, 2.45) is 4.99 Å². The van der Waals surface area contributed by atoms with E-state index in [4.69, 9.17) is 4.74 Å². The average molecular weight is 328 g/mol. The van der Waals surface area contributed by atoms with Gasteiger partial charge in [-0.25, -0.2) is 9.59 Å². The zero-order chi connectivity index (χ0) is 17.7. The van der Waals surface area contributed by atoms with Crippen LogP contribution in [-0.2, 0) is 14.3 Å². The van der Waals surface area contributed by atoms with E-state index in [0.717, 1.165) is 4.90 Å². The third-order valence-electron chi connectivity index (χ3n) is 3.20. The van der Waals surface area contributed by atoms with Crippen LogP contribution in [-0.4, -0.2) is 46.8 Å². The quantitative estimate of drug-likeness (QED) is 0.373. The summed E-state index contributed by atoms with van der Waals surface area (Å²) in [7, 11) is 0. The molecule has 0 spiro atoms. The number of benzene rings is 1. The highest BCUT2D eigenvalue weighted by molar-refractivity contribution is 6.57. The minimum Gasteiger partial charge on any atom is -0.506 e. The topological polar surface area (TPSA) is 96.3 Å². The second kappa shape index (κ2) is 7.36. The van der Waals surface area contributed by atoms with Crippen LogP contribution in [0.15, 0.2) is 53.6 Å². The lowest BCUT2D eigenvalue weighted by atomic mass is 10.0. The first-order chi connectivity index (χ1) is 11.5. The van der Waals surface area contributed by atoms with Crippen LogP contribution in [0.1, 0.15) is 12.5 Å². The van der Waals surface area contributed by atoms with Gasteiger partial charge in [-0.2, -0.15) is 4.99 Å². The number of carbonyl (C=O) groups is 3. The number of hydrogen-bond donors (Lipinski definition) is 1. The van der Waals surface area contributed by atoms with Crippen LogP contribution >= 0.6 is 0 Å². The SMILES string of the molecule is C=CCN1C(=O)N=C(C(C(=O)OCC)=C(O)c2ccccc2)C1=O. The summed E-state index contributed by atoms with van der Waals surface area (Å²) in [6.45, 7) is 5.04. The molecule has 0 saturated heterocycles. The first-order valence-corrected chi connectivity index (χ1v) is 7.22. The van der Waals surface area contributed by atoms with Crippen LogP contribution in [0, 0.1) is 0 Å². The van der Waals surface area contributed by atoms with E-state index in [1.54, 1.807) is 37.3 Å². The number of aliphatic imine (C=N–C) groups is 1. The number of rotatable bonds is 6. The average Bonchev–Trinajstić information content (AvgIpc) is 2.84. The normalized spacial score (nSPS) is 15.0. The number of imide groups is 1. The summed E-state index contributed by atoms with van der Waals surface area (Å²) in [5, 5.41) is 10.5. The molecule has 0 fully saturated rings. The number of urea groups is 1. The molecule has 1 heterocycles. The highest BCUT2D eigenvalue weighted by Gasteiger charge is 2.39. The molecule has 0 radical (unpaired) electrons. The molecule has 1 aromatic carbocycles. The predicted molar refractivity (Wildman–Crippen MR) is 87.4 cm³/mol. The van der Waals surface area contributed by atoms with E-state index in [9.17, 15) is 19.5 Å². The second-order valence-electron chi connectivity index (χ2n) is 4.76. The predicted octanol–water partition coefficient (Wildman–Crippen LogP) is 2.11. The smallest absolute Gasteiger partial charge is 0.351 e. The van der Waals surface area contributed by atoms with Crippen molar-refractivity contribution in [3.05, 3.63) is 54.1 Å². The Morgan fingerprint density at radius 1 is 1.33 bits per heavy atom. The lowest BCUT2D eigenvalue weighted by Gasteiger charge is -2.12. The molecule has 2 rings (SSSR count). The summed E-state index contributed by atoms with van der Waals surface area (Å²) in [6, 6.07) is 7.32. The molecule has 1 aliphatic rings. The molecule has 24 heavy (non-hydrogen) atoms. The summed E-state index contributed by atoms with van der Waals surface area (Å²) in [6.07, 6.45) is 1.36. The molecule has 7 heteroatoms. The Labute approximate surface area is 138 Å². The fraction of sp³-hybridized carbons (Fsp3) is 0.176. The number of nitrogens with zero attached hydrogens (tertiary/aromatic N) is 2. The Morgan fingerprint density at radius 2 is 2.00 bits per heavy atom. The molecule has 1 aromatic rings. The van der Waals surface area contributed by atoms with Crippen LogP contribution in [0.25, 0.3) is 5.76 Å². The summed E-state index contributed by atoms with van der Waals surface area (Å²) >= 11 is 0. The minimum absolute atomic E-state index is 0.0379. The van der Waals surface area contributed by atoms with Gasteiger partial charge in [0.25, 0.3) is 5.91 Å². The molecule has 0 saturated carbocycles. The van der Waals surface area contributed by atoms with E-state index in [1.807, 2.05) is 0 Å². The Morgan fingerprint density at radius 3 is 2.58 bits per heavy atom. The van der Waals surface area contributed by atoms with Crippen molar-refractivity contribution in [3.8, 4) is 0 Å². The summed E-state index contributed by atoms with van der Waals surface area (Å²) in [5.41, 5.74) is -0.583. The maximum Gasteiger partial charge on any atom is 0.351 e. The van der Waals surface area contributed by atoms with Crippen LogP contribution in [0.2, 0.25) is 0 Å². The molecule has 7 nitrogen and oxygen atoms in total. The molecule has 1 N–H and O–H groups in total. The van der Waals surface area contributed by atoms with E-state index < -0.39 is 35.0 Å². The van der Waals surface area contributed by atoms with Gasteiger partial charge in [-0.05, 0) is 6.92 Å². The molecule has 3 amide bonds. The fourth-order valence-corrected chi connectivity index (χ4v) is 2.12. The van der Waals surface area contributed by atoms with Gasteiger partial charge in [-0.3, -0.25) is 9.69 Å². The van der Waals surface area contributed by atoms with E-state index in [0.29, 0.717) is 5.56 Å². The Kier molecular flexibility index (Phi) is 5.26. The van der Waals surface area contributed by atoms with Crippen LogP contribution in [0.4, 0.5) is 4.79 Å². The van der Waals surface area contributed by atoms with Gasteiger partial charge in [0, 0.05) is 12.1 Å². The molecular formula is C17H16N2O5. The van der Waals surface area contributed by atoms with Gasteiger partial charge in [-0.15, -0.1) is 6.58 Å². The molecule has 0 atom stereocenters. The Hall–Kier alpha value is -3.22. The minimum atomic E-state index is -0.931. The molecule has 0 bridgehead atoms. The van der Waals surface area contributed by atoms with Crippen LogP contribution in [0.5, 0.6) is 0 Å². The van der Waals surface area contributed by atoms with Crippen molar-refractivity contribution < 1.29 is 24.2 Å². The van der Waals surface area contributed by atoms with Crippen LogP contribution in [0.3, 0.4) is 0 Å². The number of aliphatic hydroxyl groups is 1. The van der Waals surface area contributed by atoms with E-state index in [2.05, 4.69) is 11.6 Å².